The minimum atomic E-state index is 0.0260. The average molecular weight is 238 g/mol. The molecule has 0 saturated carbocycles. The van der Waals surface area contributed by atoms with Gasteiger partial charge in [-0.05, 0) is 41.8 Å². The Morgan fingerprint density at radius 1 is 1.40 bits per heavy atom. The summed E-state index contributed by atoms with van der Waals surface area (Å²) in [5.74, 6) is 0. The van der Waals surface area contributed by atoms with Crippen LogP contribution in [0.5, 0.6) is 0 Å². The molecule has 0 bridgehead atoms. The molecule has 1 unspecified atom stereocenters. The van der Waals surface area contributed by atoms with Crippen LogP contribution in [0.1, 0.15) is 18.5 Å². The van der Waals surface area contributed by atoms with Crippen LogP contribution in [0.3, 0.4) is 0 Å². The number of aromatic nitrogens is 3. The predicted molar refractivity (Wildman–Crippen MR) is 60.9 cm³/mol. The molecule has 15 heavy (non-hydrogen) atoms. The monoisotopic (exact) mass is 238 g/mol. The smallest absolute Gasteiger partial charge is 0.175 e. The summed E-state index contributed by atoms with van der Waals surface area (Å²) in [6, 6.07) is 3.96. The van der Waals surface area contributed by atoms with Crippen molar-refractivity contribution in [2.75, 3.05) is 0 Å². The maximum atomic E-state index is 5.73. The van der Waals surface area contributed by atoms with Gasteiger partial charge in [0.25, 0.3) is 0 Å². The fourth-order valence-corrected chi connectivity index (χ4v) is 2.35. The lowest BCUT2D eigenvalue weighted by Crippen LogP contribution is -2.04. The Morgan fingerprint density at radius 2 is 2.27 bits per heavy atom. The highest BCUT2D eigenvalue weighted by Crippen LogP contribution is 2.26. The van der Waals surface area contributed by atoms with E-state index in [1.807, 2.05) is 19.1 Å². The van der Waals surface area contributed by atoms with Crippen LogP contribution < -0.4 is 5.73 Å². The Bertz CT molecular complexity index is 410. The number of pyridine rings is 1. The predicted octanol–water partition coefficient (Wildman–Crippen LogP) is 2.10. The zero-order chi connectivity index (χ0) is 10.7. The van der Waals surface area contributed by atoms with Crippen molar-refractivity contribution in [3.63, 3.8) is 0 Å². The zero-order valence-corrected chi connectivity index (χ0v) is 9.76. The molecule has 2 aromatic rings. The van der Waals surface area contributed by atoms with Crippen LogP contribution in [0, 0.1) is 0 Å². The first-order chi connectivity index (χ1) is 7.25. The molecule has 0 aliphatic carbocycles. The first-order valence-corrected chi connectivity index (χ1v) is 6.01. The first kappa shape index (κ1) is 10.5. The molecule has 0 amide bonds. The normalized spacial score (nSPS) is 12.7. The molecule has 0 spiro atoms. The molecule has 0 aliphatic rings. The van der Waals surface area contributed by atoms with Gasteiger partial charge in [0.05, 0.1) is 0 Å². The molecular weight excluding hydrogens is 228 g/mol. The van der Waals surface area contributed by atoms with Gasteiger partial charge in [-0.2, -0.15) is 4.37 Å². The van der Waals surface area contributed by atoms with Gasteiger partial charge in [0.15, 0.2) is 4.34 Å². The van der Waals surface area contributed by atoms with E-state index < -0.39 is 0 Å². The second-order valence-corrected chi connectivity index (χ2v) is 5.08. The van der Waals surface area contributed by atoms with Crippen molar-refractivity contribution < 1.29 is 0 Å². The summed E-state index contributed by atoms with van der Waals surface area (Å²) >= 11 is 2.87. The standard InChI is InChI=1S/C9H10N4S2/c1-6(10)7-2-3-8(11-4-7)14-9-12-5-13-15-9/h2-6H,10H2,1H3. The minimum absolute atomic E-state index is 0.0260. The van der Waals surface area contributed by atoms with Crippen LogP contribution in [0.15, 0.2) is 34.0 Å². The summed E-state index contributed by atoms with van der Waals surface area (Å²) in [5, 5.41) is 0.913. The number of hydrogen-bond donors (Lipinski definition) is 1. The van der Waals surface area contributed by atoms with Gasteiger partial charge in [-0.3, -0.25) is 0 Å². The van der Waals surface area contributed by atoms with E-state index in [9.17, 15) is 0 Å². The van der Waals surface area contributed by atoms with Crippen LogP contribution in [-0.4, -0.2) is 14.3 Å². The zero-order valence-electron chi connectivity index (χ0n) is 8.12. The van der Waals surface area contributed by atoms with Crippen LogP contribution in [0.4, 0.5) is 0 Å². The molecule has 0 fully saturated rings. The van der Waals surface area contributed by atoms with E-state index in [4.69, 9.17) is 5.73 Å². The molecule has 0 saturated heterocycles. The Morgan fingerprint density at radius 3 is 2.80 bits per heavy atom. The van der Waals surface area contributed by atoms with E-state index in [1.54, 1.807) is 12.5 Å². The number of nitrogens with zero attached hydrogens (tertiary/aromatic N) is 3. The van der Waals surface area contributed by atoms with Gasteiger partial charge in [-0.1, -0.05) is 6.07 Å². The molecular formula is C9H10N4S2. The van der Waals surface area contributed by atoms with E-state index in [-0.39, 0.29) is 6.04 Å². The van der Waals surface area contributed by atoms with Gasteiger partial charge in [0, 0.05) is 12.2 Å². The Balaban J connectivity index is 2.11. The van der Waals surface area contributed by atoms with Gasteiger partial charge in [-0.15, -0.1) is 0 Å². The summed E-state index contributed by atoms with van der Waals surface area (Å²) in [6.07, 6.45) is 3.34. The van der Waals surface area contributed by atoms with Crippen molar-refractivity contribution in [1.82, 2.24) is 14.3 Å². The fourth-order valence-electron chi connectivity index (χ4n) is 1.02. The molecule has 0 radical (unpaired) electrons. The molecule has 0 aliphatic heterocycles. The summed E-state index contributed by atoms with van der Waals surface area (Å²) in [6.45, 7) is 1.94. The minimum Gasteiger partial charge on any atom is -0.324 e. The van der Waals surface area contributed by atoms with E-state index in [1.165, 1.54) is 23.3 Å². The Hall–Kier alpha value is -0.980. The number of nitrogens with two attached hydrogens (primary N) is 1. The van der Waals surface area contributed by atoms with Gasteiger partial charge in [0.2, 0.25) is 0 Å². The molecule has 2 heterocycles. The third-order valence-electron chi connectivity index (χ3n) is 1.82. The van der Waals surface area contributed by atoms with Gasteiger partial charge >= 0.3 is 0 Å². The van der Waals surface area contributed by atoms with Crippen LogP contribution in [-0.2, 0) is 0 Å². The van der Waals surface area contributed by atoms with E-state index >= 15 is 0 Å². The molecule has 2 N–H and O–H groups in total. The van der Waals surface area contributed by atoms with E-state index in [2.05, 4.69) is 14.3 Å². The van der Waals surface area contributed by atoms with Crippen molar-refractivity contribution in [2.24, 2.45) is 5.73 Å². The van der Waals surface area contributed by atoms with E-state index in [0.29, 0.717) is 0 Å². The first-order valence-electron chi connectivity index (χ1n) is 4.42. The quantitative estimate of drug-likeness (QED) is 0.887. The Labute approximate surface area is 96.1 Å². The fraction of sp³-hybridized carbons (Fsp3) is 0.222. The summed E-state index contributed by atoms with van der Waals surface area (Å²) in [7, 11) is 0. The molecule has 2 rings (SSSR count). The second-order valence-electron chi connectivity index (χ2n) is 3.03. The topological polar surface area (TPSA) is 64.7 Å². The van der Waals surface area contributed by atoms with Crippen molar-refractivity contribution in [2.45, 2.75) is 22.3 Å². The molecule has 78 valence electrons. The molecule has 0 aromatic carbocycles. The average Bonchev–Trinajstić information content (AvgIpc) is 2.71. The van der Waals surface area contributed by atoms with Gasteiger partial charge in [0.1, 0.15) is 11.4 Å². The summed E-state index contributed by atoms with van der Waals surface area (Å²) in [4.78, 5) is 8.37. The van der Waals surface area contributed by atoms with Crippen molar-refractivity contribution in [1.29, 1.82) is 0 Å². The number of rotatable bonds is 3. The van der Waals surface area contributed by atoms with Gasteiger partial charge < -0.3 is 5.73 Å². The largest absolute Gasteiger partial charge is 0.324 e. The maximum absolute atomic E-state index is 5.73. The highest BCUT2D eigenvalue weighted by Gasteiger charge is 2.03. The highest BCUT2D eigenvalue weighted by atomic mass is 32.2. The number of hydrogen-bond acceptors (Lipinski definition) is 6. The third kappa shape index (κ3) is 2.74. The lowest BCUT2D eigenvalue weighted by atomic mass is 10.2. The lowest BCUT2D eigenvalue weighted by Gasteiger charge is -2.04. The van der Waals surface area contributed by atoms with Gasteiger partial charge in [-0.25, -0.2) is 9.97 Å². The van der Waals surface area contributed by atoms with Crippen molar-refractivity contribution in [3.05, 3.63) is 30.2 Å². The third-order valence-corrected chi connectivity index (χ3v) is 3.48. The van der Waals surface area contributed by atoms with Crippen LogP contribution in [0.2, 0.25) is 0 Å². The molecule has 6 heteroatoms. The van der Waals surface area contributed by atoms with Crippen molar-refractivity contribution >= 4 is 23.3 Å². The van der Waals surface area contributed by atoms with E-state index in [0.717, 1.165) is 14.9 Å². The second kappa shape index (κ2) is 4.69. The van der Waals surface area contributed by atoms with Crippen LogP contribution in [0.25, 0.3) is 0 Å². The molecule has 4 nitrogen and oxygen atoms in total. The maximum Gasteiger partial charge on any atom is 0.175 e. The SMILES string of the molecule is CC(N)c1ccc(Sc2ncns2)nc1. The lowest BCUT2D eigenvalue weighted by molar-refractivity contribution is 0.806. The molecule has 2 aromatic heterocycles. The molecule has 1 atom stereocenters. The highest BCUT2D eigenvalue weighted by molar-refractivity contribution is 8.00. The van der Waals surface area contributed by atoms with Crippen molar-refractivity contribution in [3.8, 4) is 0 Å². The summed E-state index contributed by atoms with van der Waals surface area (Å²) < 4.78 is 4.83. The summed E-state index contributed by atoms with van der Waals surface area (Å²) in [5.41, 5.74) is 6.77. The Kier molecular flexibility index (Phi) is 3.30. The van der Waals surface area contributed by atoms with Crippen LogP contribution >= 0.6 is 23.3 Å².